The topological polar surface area (TPSA) is 35.0 Å². The Morgan fingerprint density at radius 3 is 0.750 bits per heavy atom. The van der Waals surface area contributed by atoms with Gasteiger partial charge in [-0.1, -0.05) is 0 Å². The molecule has 0 atom stereocenters. The van der Waals surface area contributed by atoms with Gasteiger partial charge in [0.2, 0.25) is 0 Å². The maximum Gasteiger partial charge on any atom is 2.00 e. The Morgan fingerprint density at radius 1 is 0.750 bits per heavy atom. The molecule has 4 heteroatoms. The smallest absolute Gasteiger partial charge is 1.00 e. The van der Waals surface area contributed by atoms with Gasteiger partial charge in [-0.3, -0.25) is 0 Å². The van der Waals surface area contributed by atoms with E-state index in [1.807, 2.05) is 0 Å². The molecule has 0 fully saturated rings. The largest absolute Gasteiger partial charge is 2.00 e. The summed E-state index contributed by atoms with van der Waals surface area (Å²) in [5.74, 6) is 0. The van der Waals surface area contributed by atoms with Crippen molar-refractivity contribution in [3.8, 4) is 0 Å². The van der Waals surface area contributed by atoms with Gasteiger partial charge in [-0.15, -0.1) is 0 Å². The van der Waals surface area contributed by atoms with Crippen LogP contribution in [0.2, 0.25) is 0 Å². The summed E-state index contributed by atoms with van der Waals surface area (Å²) in [5, 5.41) is 0. The van der Waals surface area contributed by atoms with Gasteiger partial charge < -0.3 is 31.0 Å². The molecule has 0 saturated carbocycles. The Bertz CT molecular complexity index is 6.00. The van der Waals surface area contributed by atoms with Crippen molar-refractivity contribution < 1.29 is 45.2 Å². The van der Waals surface area contributed by atoms with Gasteiger partial charge in [0.05, 0.1) is 0 Å². The zero-order valence-electron chi connectivity index (χ0n) is 1.78. The van der Waals surface area contributed by atoms with Crippen molar-refractivity contribution >= 4 is 0 Å². The van der Waals surface area contributed by atoms with Crippen LogP contribution in [0.15, 0.2) is 0 Å². The molecule has 0 aromatic heterocycles. The molecule has 4 heavy (non-hydrogen) atoms. The summed E-state index contributed by atoms with van der Waals surface area (Å²) in [6.45, 7) is 0. The third-order valence-corrected chi connectivity index (χ3v) is 0. The predicted molar refractivity (Wildman–Crippen MR) is 5.02 cm³/mol. The average molecular weight is 194 g/mol. The third kappa shape index (κ3) is 10.7. The molecule has 0 rings (SSSR count). The van der Waals surface area contributed by atoms with Crippen LogP contribution in [-0.4, -0.2) is 0 Å². The fourth-order valence-corrected chi connectivity index (χ4v) is 0. The zero-order chi connectivity index (χ0) is 0. The fourth-order valence-electron chi connectivity index (χ4n) is 0. The van der Waals surface area contributed by atoms with E-state index < -0.39 is 0 Å². The second-order valence-electron chi connectivity index (χ2n) is 0. The number of hydrogen-bond donors (Lipinski definition) is 1. The predicted octanol–water partition coefficient (Wildman–Crippen LogP) is -5.83. The van der Waals surface area contributed by atoms with Gasteiger partial charge in [0.1, 0.15) is 0 Å². The summed E-state index contributed by atoms with van der Waals surface area (Å²) in [6.07, 6.45) is 0. The molecule has 3 N–H and O–H groups in total. The van der Waals surface area contributed by atoms with E-state index in [0.717, 1.165) is 0 Å². The molecule has 0 heterocycles. The molecule has 0 radical (unpaired) electrons. The summed E-state index contributed by atoms with van der Waals surface area (Å²) in [5.41, 5.74) is 0. The minimum atomic E-state index is 0. The normalized spacial score (nSPS) is 0. The second-order valence-corrected chi connectivity index (χ2v) is 0. The van der Waals surface area contributed by atoms with Crippen LogP contribution < -0.4 is 31.0 Å². The van der Waals surface area contributed by atoms with Gasteiger partial charge >= 0.3 is 20.4 Å². The van der Waals surface area contributed by atoms with Gasteiger partial charge in [-0.2, -0.15) is 0 Å². The van der Waals surface area contributed by atoms with Gasteiger partial charge in [0, 0.05) is 0 Å². The van der Waals surface area contributed by atoms with E-state index in [0.29, 0.717) is 0 Å². The Hall–Kier alpha value is 1.20. The van der Waals surface area contributed by atoms with Crippen molar-refractivity contribution in [3.05, 3.63) is 0 Å². The summed E-state index contributed by atoms with van der Waals surface area (Å²) >= 11 is 0. The van der Waals surface area contributed by atoms with Crippen molar-refractivity contribution in [2.45, 2.75) is 0 Å². The summed E-state index contributed by atoms with van der Waals surface area (Å²) in [7, 11) is 0. The Morgan fingerprint density at radius 2 is 0.750 bits per heavy atom. The van der Waals surface area contributed by atoms with E-state index in [9.17, 15) is 0 Å². The van der Waals surface area contributed by atoms with Crippen LogP contribution >= 0.6 is 0 Å². The molecule has 32 valence electrons. The van der Waals surface area contributed by atoms with Crippen molar-refractivity contribution in [3.63, 3.8) is 0 Å². The maximum absolute atomic E-state index is 0. The zero-order valence-corrected chi connectivity index (χ0v) is 4.85. The van der Waals surface area contributed by atoms with E-state index in [1.165, 1.54) is 0 Å². The number of halogens is 2. The first-order valence-electron chi connectivity index (χ1n) is 0. The Labute approximate surface area is 51.6 Å². The molecule has 0 bridgehead atoms. The third-order valence-electron chi connectivity index (χ3n) is 0. The monoisotopic (exact) mass is 193 g/mol. The quantitative estimate of drug-likeness (QED) is 0.383. The minimum absolute atomic E-state index is 0. The number of hydrogen-bond acceptors (Lipinski definition) is 1. The number of rotatable bonds is 0. The second kappa shape index (κ2) is 29.8. The van der Waals surface area contributed by atoms with E-state index in [-0.39, 0.29) is 51.4 Å². The minimum Gasteiger partial charge on any atom is -1.00 e. The Balaban J connectivity index is 0. The van der Waals surface area contributed by atoms with E-state index in [2.05, 4.69) is 0 Å². The molecule has 0 aliphatic heterocycles. The van der Waals surface area contributed by atoms with Crippen LogP contribution in [0.4, 0.5) is 0 Å². The van der Waals surface area contributed by atoms with E-state index >= 15 is 0 Å². The van der Waals surface area contributed by atoms with E-state index in [1.54, 1.807) is 0 Å². The molecular formula is H3Cl2NPd. The van der Waals surface area contributed by atoms with Crippen LogP contribution in [0.25, 0.3) is 0 Å². The SMILES string of the molecule is N.[Cl-].[Cl-].[Pd+2]. The Kier molecular flexibility index (Phi) is 474. The molecule has 0 saturated heterocycles. The molecule has 0 unspecified atom stereocenters. The van der Waals surface area contributed by atoms with E-state index in [4.69, 9.17) is 0 Å². The van der Waals surface area contributed by atoms with Crippen molar-refractivity contribution in [1.82, 2.24) is 6.15 Å². The molecule has 0 aromatic carbocycles. The summed E-state index contributed by atoms with van der Waals surface area (Å²) < 4.78 is 0. The fraction of sp³-hybridized carbons (Fsp3) is 0. The molecular weight excluding hydrogens is 191 g/mol. The van der Waals surface area contributed by atoms with Crippen LogP contribution in [-0.2, 0) is 20.4 Å². The van der Waals surface area contributed by atoms with Gasteiger partial charge in [-0.05, 0) is 0 Å². The summed E-state index contributed by atoms with van der Waals surface area (Å²) in [4.78, 5) is 0. The first-order valence-corrected chi connectivity index (χ1v) is 0. The molecule has 0 aromatic rings. The maximum atomic E-state index is 0. The van der Waals surface area contributed by atoms with Crippen molar-refractivity contribution in [2.75, 3.05) is 0 Å². The van der Waals surface area contributed by atoms with Crippen molar-refractivity contribution in [2.24, 2.45) is 0 Å². The van der Waals surface area contributed by atoms with Crippen LogP contribution in [0.5, 0.6) is 0 Å². The van der Waals surface area contributed by atoms with Gasteiger partial charge in [-0.25, -0.2) is 0 Å². The first kappa shape index (κ1) is 63.6. The standard InChI is InChI=1S/2ClH.H3N.Pd/h2*1H;1H3;/q;;;+2/p-2. The van der Waals surface area contributed by atoms with Crippen LogP contribution in [0.3, 0.4) is 0 Å². The summed E-state index contributed by atoms with van der Waals surface area (Å²) in [6, 6.07) is 0. The molecule has 0 aliphatic carbocycles. The van der Waals surface area contributed by atoms with Gasteiger partial charge in [0.15, 0.2) is 0 Å². The molecule has 0 spiro atoms. The average Bonchev–Trinajstić information content (AvgIpc) is 0. The van der Waals surface area contributed by atoms with Crippen LogP contribution in [0.1, 0.15) is 0 Å². The molecule has 0 aliphatic rings. The van der Waals surface area contributed by atoms with Crippen LogP contribution in [0, 0.1) is 0 Å². The van der Waals surface area contributed by atoms with Crippen molar-refractivity contribution in [1.29, 1.82) is 0 Å². The molecule has 1 nitrogen and oxygen atoms in total. The van der Waals surface area contributed by atoms with Gasteiger partial charge in [0.25, 0.3) is 0 Å². The first-order chi connectivity index (χ1) is 0. The molecule has 0 amide bonds.